The number of unbranched alkanes of at least 4 members (excludes halogenated alkanes) is 2. The number of aliphatic carboxylic acids is 1. The van der Waals surface area contributed by atoms with Crippen LogP contribution >= 0.6 is 11.3 Å². The number of carboxylic acids is 1. The van der Waals surface area contributed by atoms with Crippen LogP contribution < -0.4 is 16.0 Å². The molecule has 1 aliphatic heterocycles. The largest absolute Gasteiger partial charge is 0.481 e. The standard InChI is InChI=1S/C46H70N6O7S/c1-11-14-15-17-25-52(43(55)39(32(7)12-2)50-41(54)36-19-16-18-24-51(36)10)37(30(4)5)27-38(59-45(58)47-13-3)42-49-35(29-60-42)40(53)48-34(28-46(8,9)44(56)57)26-33-22-20-31(6)21-23-33/h1,20-23,29-30,32,34,36-39H,12-19,24-28H2,2-10H3,(H,47,58)(H,48,53)(H,50,54)(H,56,57)/t32-,34-,36+,37+,38+,39-/m0/s1. The van der Waals surface area contributed by atoms with Gasteiger partial charge in [-0.25, -0.2) is 9.78 Å². The highest BCUT2D eigenvalue weighted by molar-refractivity contribution is 7.09. The molecule has 332 valence electrons. The number of alkyl carbamates (subject to hydrolysis) is 1. The van der Waals surface area contributed by atoms with E-state index in [4.69, 9.17) is 16.1 Å². The average molecular weight is 851 g/mol. The number of terminal acetylenes is 1. The molecule has 1 saturated heterocycles. The van der Waals surface area contributed by atoms with Crippen molar-refractivity contribution in [3.63, 3.8) is 0 Å². The molecule has 1 aromatic heterocycles. The number of nitrogens with zero attached hydrogens (tertiary/aromatic N) is 3. The van der Waals surface area contributed by atoms with Gasteiger partial charge in [-0.05, 0) is 97.2 Å². The molecule has 2 aromatic rings. The van der Waals surface area contributed by atoms with Crippen molar-refractivity contribution in [3.8, 4) is 12.3 Å². The number of carboxylic acid groups (broad SMARTS) is 1. The lowest BCUT2D eigenvalue weighted by Crippen LogP contribution is -2.59. The van der Waals surface area contributed by atoms with Gasteiger partial charge in [0.2, 0.25) is 11.8 Å². The van der Waals surface area contributed by atoms with Crippen LogP contribution in [0.3, 0.4) is 0 Å². The number of rotatable bonds is 23. The Hall–Kier alpha value is -4.48. The normalized spacial score (nSPS) is 17.1. The number of aryl methyl sites for hydroxylation is 1. The van der Waals surface area contributed by atoms with Crippen molar-refractivity contribution in [3.05, 3.63) is 51.5 Å². The van der Waals surface area contributed by atoms with Gasteiger partial charge in [-0.3, -0.25) is 24.1 Å². The van der Waals surface area contributed by atoms with Gasteiger partial charge in [-0.15, -0.1) is 23.7 Å². The van der Waals surface area contributed by atoms with Gasteiger partial charge < -0.3 is 30.7 Å². The molecule has 2 heterocycles. The van der Waals surface area contributed by atoms with E-state index in [1.54, 1.807) is 26.2 Å². The first kappa shape index (κ1) is 49.9. The SMILES string of the molecule is C#CCCCCN(C(=O)[C@@H](NC(=O)[C@H]1CCCCN1C)[C@@H](C)CC)[C@H](C[C@@H](OC(=O)NCC)c1nc(C(=O)N[C@@H](Cc2ccc(C)cc2)CC(C)(C)C(=O)O)cs1)C(C)C. The van der Waals surface area contributed by atoms with Gasteiger partial charge in [0.1, 0.15) is 16.7 Å². The summed E-state index contributed by atoms with van der Waals surface area (Å²) in [5, 5.41) is 20.8. The molecule has 6 atom stereocenters. The van der Waals surface area contributed by atoms with Gasteiger partial charge in [0.15, 0.2) is 6.10 Å². The zero-order valence-corrected chi connectivity index (χ0v) is 38.2. The van der Waals surface area contributed by atoms with Crippen molar-refractivity contribution in [1.82, 2.24) is 30.7 Å². The number of piperidine rings is 1. The monoisotopic (exact) mass is 851 g/mol. The number of hydrogen-bond donors (Lipinski definition) is 4. The zero-order valence-electron chi connectivity index (χ0n) is 37.3. The van der Waals surface area contributed by atoms with Crippen molar-refractivity contribution in [2.24, 2.45) is 17.3 Å². The molecule has 13 nitrogen and oxygen atoms in total. The van der Waals surface area contributed by atoms with Crippen molar-refractivity contribution in [1.29, 1.82) is 0 Å². The molecule has 0 spiro atoms. The van der Waals surface area contributed by atoms with Crippen molar-refractivity contribution in [2.75, 3.05) is 26.7 Å². The van der Waals surface area contributed by atoms with E-state index in [2.05, 4.69) is 26.8 Å². The number of ether oxygens (including phenoxy) is 1. The fourth-order valence-corrected chi connectivity index (χ4v) is 8.48. The summed E-state index contributed by atoms with van der Waals surface area (Å²) in [5.74, 6) is 0.624. The quantitative estimate of drug-likeness (QED) is 0.0671. The summed E-state index contributed by atoms with van der Waals surface area (Å²) in [5.41, 5.74) is 1.04. The molecule has 14 heteroatoms. The van der Waals surface area contributed by atoms with Gasteiger partial charge in [-0.2, -0.15) is 0 Å². The molecule has 4 N–H and O–H groups in total. The average Bonchev–Trinajstić information content (AvgIpc) is 3.70. The van der Waals surface area contributed by atoms with Crippen LogP contribution in [-0.2, 0) is 25.5 Å². The number of hydrogen-bond acceptors (Lipinski definition) is 9. The summed E-state index contributed by atoms with van der Waals surface area (Å²) in [7, 11) is 1.95. The number of thiazole rings is 1. The second kappa shape index (κ2) is 24.1. The van der Waals surface area contributed by atoms with Crippen LogP contribution in [0.1, 0.15) is 139 Å². The Kier molecular flexibility index (Phi) is 20.0. The van der Waals surface area contributed by atoms with Crippen molar-refractivity contribution in [2.45, 2.75) is 150 Å². The Bertz CT molecular complexity index is 1760. The topological polar surface area (TPSA) is 170 Å². The van der Waals surface area contributed by atoms with E-state index in [9.17, 15) is 29.1 Å². The number of likely N-dealkylation sites (N-methyl/N-ethyl adjacent to an activating group) is 1. The fourth-order valence-electron chi connectivity index (χ4n) is 7.64. The fraction of sp³-hybridized carbons (Fsp3) is 0.652. The van der Waals surface area contributed by atoms with Crippen LogP contribution in [-0.4, -0.2) is 101 Å². The Balaban J connectivity index is 1.99. The number of carbonyl (C=O) groups excluding carboxylic acids is 4. The van der Waals surface area contributed by atoms with Gasteiger partial charge in [0.05, 0.1) is 11.5 Å². The lowest BCUT2D eigenvalue weighted by atomic mass is 9.84. The van der Waals surface area contributed by atoms with E-state index in [0.717, 1.165) is 36.9 Å². The molecule has 1 fully saturated rings. The minimum atomic E-state index is -1.11. The molecule has 0 bridgehead atoms. The Morgan fingerprint density at radius 1 is 1.08 bits per heavy atom. The van der Waals surface area contributed by atoms with E-state index < -0.39 is 47.6 Å². The second-order valence-electron chi connectivity index (χ2n) is 17.4. The van der Waals surface area contributed by atoms with E-state index >= 15 is 0 Å². The molecule has 1 aliphatic rings. The number of amides is 4. The number of benzene rings is 1. The predicted octanol–water partition coefficient (Wildman–Crippen LogP) is 7.14. The van der Waals surface area contributed by atoms with E-state index in [0.29, 0.717) is 50.2 Å². The van der Waals surface area contributed by atoms with E-state index in [1.807, 2.05) is 70.8 Å². The van der Waals surface area contributed by atoms with Crippen LogP contribution in [0, 0.1) is 36.5 Å². The van der Waals surface area contributed by atoms with E-state index in [-0.39, 0.29) is 48.2 Å². The highest BCUT2D eigenvalue weighted by Gasteiger charge is 2.39. The van der Waals surface area contributed by atoms with Crippen molar-refractivity contribution < 1.29 is 33.8 Å². The van der Waals surface area contributed by atoms with Crippen LogP contribution in [0.15, 0.2) is 29.6 Å². The summed E-state index contributed by atoms with van der Waals surface area (Å²) in [4.78, 5) is 76.4. The third-order valence-electron chi connectivity index (χ3n) is 11.6. The summed E-state index contributed by atoms with van der Waals surface area (Å²) in [6, 6.07) is 5.83. The highest BCUT2D eigenvalue weighted by atomic mass is 32.1. The smallest absolute Gasteiger partial charge is 0.407 e. The molecular formula is C46H70N6O7S. The first-order chi connectivity index (χ1) is 28.4. The summed E-state index contributed by atoms with van der Waals surface area (Å²) >= 11 is 1.18. The Labute approximate surface area is 362 Å². The first-order valence-corrected chi connectivity index (χ1v) is 22.5. The third-order valence-corrected chi connectivity index (χ3v) is 12.5. The zero-order chi connectivity index (χ0) is 44.6. The second-order valence-corrected chi connectivity index (χ2v) is 18.2. The van der Waals surface area contributed by atoms with Gasteiger partial charge in [0.25, 0.3) is 5.91 Å². The van der Waals surface area contributed by atoms with E-state index in [1.165, 1.54) is 11.3 Å². The lowest BCUT2D eigenvalue weighted by molar-refractivity contribution is -0.147. The number of aromatic nitrogens is 1. The Morgan fingerprint density at radius 2 is 1.78 bits per heavy atom. The maximum Gasteiger partial charge on any atom is 0.407 e. The lowest BCUT2D eigenvalue weighted by Gasteiger charge is -2.40. The van der Waals surface area contributed by atoms with Gasteiger partial charge in [-0.1, -0.05) is 70.4 Å². The van der Waals surface area contributed by atoms with Gasteiger partial charge >= 0.3 is 12.1 Å². The maximum absolute atomic E-state index is 14.9. The third kappa shape index (κ3) is 14.9. The molecule has 0 unspecified atom stereocenters. The molecule has 1 aromatic carbocycles. The molecule has 3 rings (SSSR count). The summed E-state index contributed by atoms with van der Waals surface area (Å²) in [6.45, 7) is 16.6. The predicted molar refractivity (Wildman–Crippen MR) is 236 cm³/mol. The molecule has 60 heavy (non-hydrogen) atoms. The highest BCUT2D eigenvalue weighted by Crippen LogP contribution is 2.32. The molecule has 0 aliphatic carbocycles. The summed E-state index contributed by atoms with van der Waals surface area (Å²) in [6.07, 6.45) is 10.0. The maximum atomic E-state index is 14.9. The van der Waals surface area contributed by atoms with Crippen LogP contribution in [0.4, 0.5) is 4.79 Å². The van der Waals surface area contributed by atoms with Crippen LogP contribution in [0.25, 0.3) is 0 Å². The Morgan fingerprint density at radius 3 is 2.38 bits per heavy atom. The number of carbonyl (C=O) groups is 5. The van der Waals surface area contributed by atoms with Gasteiger partial charge in [0, 0.05) is 43.4 Å². The minimum absolute atomic E-state index is 0.108. The number of likely N-dealkylation sites (tertiary alicyclic amines) is 1. The molecule has 0 radical (unpaired) electrons. The molecular weight excluding hydrogens is 781 g/mol. The molecule has 0 saturated carbocycles. The van der Waals surface area contributed by atoms with Crippen LogP contribution in [0.5, 0.6) is 0 Å². The molecule has 4 amide bonds. The van der Waals surface area contributed by atoms with Crippen LogP contribution in [0.2, 0.25) is 0 Å². The first-order valence-electron chi connectivity index (χ1n) is 21.7. The van der Waals surface area contributed by atoms with Crippen molar-refractivity contribution >= 4 is 41.1 Å². The minimum Gasteiger partial charge on any atom is -0.481 e. The number of nitrogens with one attached hydrogen (secondary N) is 3. The summed E-state index contributed by atoms with van der Waals surface area (Å²) < 4.78 is 6.03.